The van der Waals surface area contributed by atoms with Crippen molar-refractivity contribution in [3.63, 3.8) is 0 Å². The minimum absolute atomic E-state index is 0.170. The molecule has 0 saturated carbocycles. The molecule has 0 aromatic carbocycles. The molecule has 3 nitrogen and oxygen atoms in total. The lowest BCUT2D eigenvalue weighted by Gasteiger charge is -2.21. The summed E-state index contributed by atoms with van der Waals surface area (Å²) >= 11 is 0. The Hall–Kier alpha value is -1.30. The van der Waals surface area contributed by atoms with Crippen LogP contribution < -0.4 is 4.90 Å². The standard InChI is InChI=1S/C10H13F3N2O/c1-7-3-8(5-16)4-14-9(7)15(2)6-10(11,12)13/h3-4,16H,5-6H2,1-2H3. The topological polar surface area (TPSA) is 36.4 Å². The zero-order chi connectivity index (χ0) is 12.3. The second-order valence-electron chi connectivity index (χ2n) is 3.61. The molecular weight excluding hydrogens is 221 g/mol. The molecule has 1 aromatic rings. The molecule has 6 heteroatoms. The van der Waals surface area contributed by atoms with Crippen LogP contribution in [0.15, 0.2) is 12.3 Å². The molecule has 0 saturated heterocycles. The fourth-order valence-corrected chi connectivity index (χ4v) is 1.46. The van der Waals surface area contributed by atoms with Gasteiger partial charge in [0.15, 0.2) is 0 Å². The van der Waals surface area contributed by atoms with Gasteiger partial charge in [-0.3, -0.25) is 0 Å². The van der Waals surface area contributed by atoms with E-state index >= 15 is 0 Å². The van der Waals surface area contributed by atoms with E-state index < -0.39 is 12.7 Å². The highest BCUT2D eigenvalue weighted by Crippen LogP contribution is 2.22. The summed E-state index contributed by atoms with van der Waals surface area (Å²) in [6.07, 6.45) is -2.88. The number of aliphatic hydroxyl groups excluding tert-OH is 1. The van der Waals surface area contributed by atoms with Gasteiger partial charge >= 0.3 is 6.18 Å². The third-order valence-electron chi connectivity index (χ3n) is 2.07. The van der Waals surface area contributed by atoms with Crippen molar-refractivity contribution in [2.24, 2.45) is 0 Å². The van der Waals surface area contributed by atoms with Gasteiger partial charge < -0.3 is 10.0 Å². The molecule has 0 unspecified atom stereocenters. The van der Waals surface area contributed by atoms with E-state index in [4.69, 9.17) is 5.11 Å². The number of hydrogen-bond acceptors (Lipinski definition) is 3. The van der Waals surface area contributed by atoms with Crippen LogP contribution in [-0.2, 0) is 6.61 Å². The van der Waals surface area contributed by atoms with Crippen LogP contribution in [0.3, 0.4) is 0 Å². The Kier molecular flexibility index (Phi) is 3.74. The van der Waals surface area contributed by atoms with E-state index in [1.165, 1.54) is 13.2 Å². The van der Waals surface area contributed by atoms with Gasteiger partial charge in [0.05, 0.1) is 6.61 Å². The summed E-state index contributed by atoms with van der Waals surface area (Å²) < 4.78 is 36.5. The highest BCUT2D eigenvalue weighted by atomic mass is 19.4. The maximum absolute atomic E-state index is 12.2. The van der Waals surface area contributed by atoms with E-state index in [0.29, 0.717) is 11.1 Å². The van der Waals surface area contributed by atoms with Gasteiger partial charge in [-0.05, 0) is 24.1 Å². The molecule has 0 spiro atoms. The van der Waals surface area contributed by atoms with E-state index in [-0.39, 0.29) is 12.4 Å². The number of hydrogen-bond donors (Lipinski definition) is 1. The molecule has 0 aliphatic carbocycles. The minimum Gasteiger partial charge on any atom is -0.392 e. The van der Waals surface area contributed by atoms with Crippen molar-refractivity contribution in [3.05, 3.63) is 23.4 Å². The number of aliphatic hydroxyl groups is 1. The molecule has 0 aliphatic heterocycles. The SMILES string of the molecule is Cc1cc(CO)cnc1N(C)CC(F)(F)F. The van der Waals surface area contributed by atoms with Crippen molar-refractivity contribution < 1.29 is 18.3 Å². The van der Waals surface area contributed by atoms with Crippen molar-refractivity contribution in [1.29, 1.82) is 0 Å². The summed E-state index contributed by atoms with van der Waals surface area (Å²) in [5, 5.41) is 8.84. The zero-order valence-corrected chi connectivity index (χ0v) is 9.04. The zero-order valence-electron chi connectivity index (χ0n) is 9.04. The lowest BCUT2D eigenvalue weighted by molar-refractivity contribution is -0.119. The molecular formula is C10H13F3N2O. The molecule has 0 radical (unpaired) electrons. The van der Waals surface area contributed by atoms with Crippen LogP contribution in [0.1, 0.15) is 11.1 Å². The number of aromatic nitrogens is 1. The Morgan fingerprint density at radius 3 is 2.50 bits per heavy atom. The third kappa shape index (κ3) is 3.37. The monoisotopic (exact) mass is 234 g/mol. The molecule has 1 rings (SSSR count). The molecule has 1 aromatic heterocycles. The number of rotatable bonds is 3. The highest BCUT2D eigenvalue weighted by Gasteiger charge is 2.30. The first-order valence-electron chi connectivity index (χ1n) is 4.68. The first-order chi connectivity index (χ1) is 7.33. The van der Waals surface area contributed by atoms with Crippen LogP contribution in [0.25, 0.3) is 0 Å². The quantitative estimate of drug-likeness (QED) is 0.867. The first kappa shape index (κ1) is 12.8. The van der Waals surface area contributed by atoms with Crippen LogP contribution in [-0.4, -0.2) is 29.9 Å². The van der Waals surface area contributed by atoms with Crippen LogP contribution in [0.2, 0.25) is 0 Å². The molecule has 0 bridgehead atoms. The summed E-state index contributed by atoms with van der Waals surface area (Å²) in [4.78, 5) is 4.94. The molecule has 90 valence electrons. The van der Waals surface area contributed by atoms with Crippen LogP contribution in [0, 0.1) is 6.92 Å². The maximum Gasteiger partial charge on any atom is 0.405 e. The van der Waals surface area contributed by atoms with Crippen molar-refractivity contribution >= 4 is 5.82 Å². The largest absolute Gasteiger partial charge is 0.405 e. The minimum atomic E-state index is -4.25. The average molecular weight is 234 g/mol. The Morgan fingerprint density at radius 1 is 1.44 bits per heavy atom. The van der Waals surface area contributed by atoms with Gasteiger partial charge in [-0.1, -0.05) is 0 Å². The fraction of sp³-hybridized carbons (Fsp3) is 0.500. The molecule has 0 fully saturated rings. The fourth-order valence-electron chi connectivity index (χ4n) is 1.46. The predicted molar refractivity (Wildman–Crippen MR) is 54.2 cm³/mol. The smallest absolute Gasteiger partial charge is 0.392 e. The summed E-state index contributed by atoms with van der Waals surface area (Å²) in [5.41, 5.74) is 1.19. The number of nitrogens with zero attached hydrogens (tertiary/aromatic N) is 2. The number of halogens is 3. The van der Waals surface area contributed by atoms with E-state index in [2.05, 4.69) is 4.98 Å². The summed E-state index contributed by atoms with van der Waals surface area (Å²) in [6.45, 7) is 0.449. The summed E-state index contributed by atoms with van der Waals surface area (Å²) in [7, 11) is 1.33. The normalized spacial score (nSPS) is 11.6. The third-order valence-corrected chi connectivity index (χ3v) is 2.07. The van der Waals surface area contributed by atoms with Gasteiger partial charge in [0.2, 0.25) is 0 Å². The lowest BCUT2D eigenvalue weighted by atomic mass is 10.2. The molecule has 1 N–H and O–H groups in total. The van der Waals surface area contributed by atoms with Crippen LogP contribution in [0.5, 0.6) is 0 Å². The van der Waals surface area contributed by atoms with Gasteiger partial charge in [0, 0.05) is 13.2 Å². The van der Waals surface area contributed by atoms with Crippen molar-refractivity contribution in [2.75, 3.05) is 18.5 Å². The van der Waals surface area contributed by atoms with Crippen molar-refractivity contribution in [3.8, 4) is 0 Å². The Morgan fingerprint density at radius 2 is 2.06 bits per heavy atom. The Labute approximate surface area is 91.5 Å². The molecule has 0 amide bonds. The molecule has 1 heterocycles. The Balaban J connectivity index is 2.88. The van der Waals surface area contributed by atoms with E-state index in [1.807, 2.05) is 0 Å². The Bertz CT molecular complexity index is 366. The molecule has 16 heavy (non-hydrogen) atoms. The van der Waals surface area contributed by atoms with Crippen molar-refractivity contribution in [2.45, 2.75) is 19.7 Å². The van der Waals surface area contributed by atoms with Gasteiger partial charge in [0.1, 0.15) is 12.4 Å². The lowest BCUT2D eigenvalue weighted by Crippen LogP contribution is -2.31. The van der Waals surface area contributed by atoms with Crippen molar-refractivity contribution in [1.82, 2.24) is 4.98 Å². The summed E-state index contributed by atoms with van der Waals surface area (Å²) in [5.74, 6) is 0.273. The number of alkyl halides is 3. The second kappa shape index (κ2) is 4.69. The van der Waals surface area contributed by atoms with Gasteiger partial charge in [-0.25, -0.2) is 4.98 Å². The van der Waals surface area contributed by atoms with E-state index in [0.717, 1.165) is 4.90 Å². The van der Waals surface area contributed by atoms with Crippen LogP contribution in [0.4, 0.5) is 19.0 Å². The van der Waals surface area contributed by atoms with E-state index in [1.54, 1.807) is 13.0 Å². The predicted octanol–water partition coefficient (Wildman–Crippen LogP) is 1.88. The summed E-state index contributed by atoms with van der Waals surface area (Å²) in [6, 6.07) is 1.62. The number of aryl methyl sites for hydroxylation is 1. The van der Waals surface area contributed by atoms with Crippen LogP contribution >= 0.6 is 0 Å². The number of pyridine rings is 1. The van der Waals surface area contributed by atoms with E-state index in [9.17, 15) is 13.2 Å². The second-order valence-corrected chi connectivity index (χ2v) is 3.61. The molecule has 0 atom stereocenters. The van der Waals surface area contributed by atoms with Gasteiger partial charge in [-0.15, -0.1) is 0 Å². The average Bonchev–Trinajstić information content (AvgIpc) is 2.14. The maximum atomic E-state index is 12.2. The molecule has 0 aliphatic rings. The van der Waals surface area contributed by atoms with Gasteiger partial charge in [0.25, 0.3) is 0 Å². The number of anilines is 1. The first-order valence-corrected chi connectivity index (χ1v) is 4.68. The highest BCUT2D eigenvalue weighted by molar-refractivity contribution is 5.46. The van der Waals surface area contributed by atoms with Gasteiger partial charge in [-0.2, -0.15) is 13.2 Å².